The number of benzene rings is 1. The van der Waals surface area contributed by atoms with Crippen molar-refractivity contribution in [1.29, 1.82) is 0 Å². The topological polar surface area (TPSA) is 21.3 Å². The second-order valence-corrected chi connectivity index (χ2v) is 5.94. The number of halogens is 3. The molecule has 0 aliphatic rings. The van der Waals surface area contributed by atoms with Gasteiger partial charge in [0.2, 0.25) is 0 Å². The summed E-state index contributed by atoms with van der Waals surface area (Å²) < 4.78 is 39.9. The zero-order chi connectivity index (χ0) is 15.4. The average molecular weight is 289 g/mol. The second-order valence-electron chi connectivity index (χ2n) is 5.94. The molecular weight excluding hydrogens is 267 g/mol. The molecule has 0 radical (unpaired) electrons. The van der Waals surface area contributed by atoms with Gasteiger partial charge in [0.25, 0.3) is 0 Å². The molecule has 0 bridgehead atoms. The second kappa shape index (κ2) is 6.48. The zero-order valence-corrected chi connectivity index (χ0v) is 12.3. The van der Waals surface area contributed by atoms with Crippen LogP contribution in [0.2, 0.25) is 0 Å². The van der Waals surface area contributed by atoms with Crippen LogP contribution < -0.4 is 10.1 Å². The molecule has 0 saturated carbocycles. The third kappa shape index (κ3) is 5.82. The first-order chi connectivity index (χ1) is 9.10. The van der Waals surface area contributed by atoms with Crippen molar-refractivity contribution in [2.45, 2.75) is 40.6 Å². The molecule has 0 heterocycles. The molecule has 1 rings (SSSR count). The maximum absolute atomic E-state index is 12.0. The van der Waals surface area contributed by atoms with E-state index in [1.54, 1.807) is 12.1 Å². The van der Waals surface area contributed by atoms with E-state index in [9.17, 15) is 13.2 Å². The lowest BCUT2D eigenvalue weighted by atomic mass is 9.81. The van der Waals surface area contributed by atoms with E-state index in [2.05, 4.69) is 37.7 Å². The molecule has 0 aromatic heterocycles. The lowest BCUT2D eigenvalue weighted by molar-refractivity contribution is -0.274. The van der Waals surface area contributed by atoms with Crippen LogP contribution in [0, 0.1) is 11.3 Å². The molecule has 114 valence electrons. The molecule has 0 saturated heterocycles. The molecule has 0 amide bonds. The van der Waals surface area contributed by atoms with Gasteiger partial charge in [0.15, 0.2) is 0 Å². The van der Waals surface area contributed by atoms with Crippen LogP contribution in [0.5, 0.6) is 5.75 Å². The maximum Gasteiger partial charge on any atom is 0.573 e. The summed E-state index contributed by atoms with van der Waals surface area (Å²) in [5, 5.41) is 3.33. The first-order valence-electron chi connectivity index (χ1n) is 6.65. The van der Waals surface area contributed by atoms with Crippen LogP contribution in [-0.2, 0) is 6.54 Å². The van der Waals surface area contributed by atoms with E-state index < -0.39 is 6.36 Å². The largest absolute Gasteiger partial charge is 0.573 e. The van der Waals surface area contributed by atoms with E-state index in [1.165, 1.54) is 12.1 Å². The number of hydrogen-bond acceptors (Lipinski definition) is 2. The van der Waals surface area contributed by atoms with Gasteiger partial charge in [-0.15, -0.1) is 13.2 Å². The van der Waals surface area contributed by atoms with Crippen molar-refractivity contribution < 1.29 is 17.9 Å². The van der Waals surface area contributed by atoms with Crippen LogP contribution in [0.3, 0.4) is 0 Å². The number of alkyl halides is 3. The molecule has 1 aromatic rings. The normalized spacial score (nSPS) is 12.8. The standard InChI is InChI=1S/C15H22F3NO/c1-11(2)14(3,4)10-19-9-12-5-7-13(8-6-12)20-15(16,17)18/h5-8,11,19H,9-10H2,1-4H3. The Morgan fingerprint density at radius 2 is 1.65 bits per heavy atom. The Bertz CT molecular complexity index is 410. The number of rotatable bonds is 6. The van der Waals surface area contributed by atoms with E-state index in [-0.39, 0.29) is 11.2 Å². The molecular formula is C15H22F3NO. The molecule has 20 heavy (non-hydrogen) atoms. The number of nitrogens with one attached hydrogen (secondary N) is 1. The van der Waals surface area contributed by atoms with Crippen molar-refractivity contribution in [3.05, 3.63) is 29.8 Å². The van der Waals surface area contributed by atoms with Crippen LogP contribution >= 0.6 is 0 Å². The monoisotopic (exact) mass is 289 g/mol. The van der Waals surface area contributed by atoms with Crippen molar-refractivity contribution in [2.75, 3.05) is 6.54 Å². The smallest absolute Gasteiger partial charge is 0.406 e. The Labute approximate surface area is 118 Å². The van der Waals surface area contributed by atoms with Gasteiger partial charge in [-0.3, -0.25) is 0 Å². The van der Waals surface area contributed by atoms with E-state index in [0.717, 1.165) is 12.1 Å². The Morgan fingerprint density at radius 3 is 2.10 bits per heavy atom. The first-order valence-corrected chi connectivity index (χ1v) is 6.65. The fourth-order valence-electron chi connectivity index (χ4n) is 1.54. The molecule has 0 atom stereocenters. The summed E-state index contributed by atoms with van der Waals surface area (Å²) in [6, 6.07) is 5.93. The molecule has 2 nitrogen and oxygen atoms in total. The molecule has 0 unspecified atom stereocenters. The van der Waals surface area contributed by atoms with E-state index in [1.807, 2.05) is 0 Å². The minimum absolute atomic E-state index is 0.180. The fourth-order valence-corrected chi connectivity index (χ4v) is 1.54. The van der Waals surface area contributed by atoms with Crippen molar-refractivity contribution in [1.82, 2.24) is 5.32 Å². The van der Waals surface area contributed by atoms with Gasteiger partial charge in [0.1, 0.15) is 5.75 Å². The van der Waals surface area contributed by atoms with Crippen LogP contribution in [0.4, 0.5) is 13.2 Å². The quantitative estimate of drug-likeness (QED) is 0.840. The highest BCUT2D eigenvalue weighted by molar-refractivity contribution is 5.27. The van der Waals surface area contributed by atoms with Crippen molar-refractivity contribution >= 4 is 0 Å². The lowest BCUT2D eigenvalue weighted by Gasteiger charge is -2.29. The highest BCUT2D eigenvalue weighted by Gasteiger charge is 2.30. The summed E-state index contributed by atoms with van der Waals surface area (Å²) in [7, 11) is 0. The van der Waals surface area contributed by atoms with Crippen molar-refractivity contribution in [3.8, 4) is 5.75 Å². The molecule has 1 aromatic carbocycles. The average Bonchev–Trinajstić information content (AvgIpc) is 2.29. The molecule has 0 aliphatic carbocycles. The van der Waals surface area contributed by atoms with Crippen LogP contribution in [-0.4, -0.2) is 12.9 Å². The van der Waals surface area contributed by atoms with Crippen LogP contribution in [0.25, 0.3) is 0 Å². The van der Waals surface area contributed by atoms with Gasteiger partial charge < -0.3 is 10.1 Å². The number of ether oxygens (including phenoxy) is 1. The summed E-state index contributed by atoms with van der Waals surface area (Å²) in [5.41, 5.74) is 1.11. The van der Waals surface area contributed by atoms with E-state index >= 15 is 0 Å². The van der Waals surface area contributed by atoms with Crippen LogP contribution in [0.1, 0.15) is 33.3 Å². The summed E-state index contributed by atoms with van der Waals surface area (Å²) in [4.78, 5) is 0. The molecule has 1 N–H and O–H groups in total. The van der Waals surface area contributed by atoms with Crippen LogP contribution in [0.15, 0.2) is 24.3 Å². The van der Waals surface area contributed by atoms with Gasteiger partial charge in [0.05, 0.1) is 0 Å². The summed E-state index contributed by atoms with van der Waals surface area (Å²) >= 11 is 0. The van der Waals surface area contributed by atoms with E-state index in [0.29, 0.717) is 12.5 Å². The van der Waals surface area contributed by atoms with Gasteiger partial charge in [-0.2, -0.15) is 0 Å². The van der Waals surface area contributed by atoms with Crippen molar-refractivity contribution in [2.24, 2.45) is 11.3 Å². The SMILES string of the molecule is CC(C)C(C)(C)CNCc1ccc(OC(F)(F)F)cc1. The molecule has 5 heteroatoms. The predicted octanol–water partition coefficient (Wildman–Crippen LogP) is 4.36. The third-order valence-electron chi connectivity index (χ3n) is 3.63. The highest BCUT2D eigenvalue weighted by atomic mass is 19.4. The third-order valence-corrected chi connectivity index (χ3v) is 3.63. The van der Waals surface area contributed by atoms with E-state index in [4.69, 9.17) is 0 Å². The number of hydrogen-bond donors (Lipinski definition) is 1. The Kier molecular flexibility index (Phi) is 5.45. The van der Waals surface area contributed by atoms with Gasteiger partial charge >= 0.3 is 6.36 Å². The lowest BCUT2D eigenvalue weighted by Crippen LogP contribution is -2.33. The Balaban J connectivity index is 2.47. The summed E-state index contributed by atoms with van der Waals surface area (Å²) in [5.74, 6) is 0.362. The Morgan fingerprint density at radius 1 is 1.10 bits per heavy atom. The van der Waals surface area contributed by atoms with Gasteiger partial charge in [-0.1, -0.05) is 39.8 Å². The van der Waals surface area contributed by atoms with Gasteiger partial charge in [-0.05, 0) is 29.0 Å². The highest BCUT2D eigenvalue weighted by Crippen LogP contribution is 2.25. The van der Waals surface area contributed by atoms with Gasteiger partial charge in [-0.25, -0.2) is 0 Å². The predicted molar refractivity (Wildman–Crippen MR) is 73.5 cm³/mol. The van der Waals surface area contributed by atoms with Crippen molar-refractivity contribution in [3.63, 3.8) is 0 Å². The molecule has 0 spiro atoms. The molecule has 0 fully saturated rings. The van der Waals surface area contributed by atoms with Gasteiger partial charge in [0, 0.05) is 13.1 Å². The minimum atomic E-state index is -4.64. The molecule has 0 aliphatic heterocycles. The summed E-state index contributed by atoms with van der Waals surface area (Å²) in [6.07, 6.45) is -4.64. The fraction of sp³-hybridized carbons (Fsp3) is 0.600. The first kappa shape index (κ1) is 16.8. The zero-order valence-electron chi connectivity index (χ0n) is 12.3. The summed E-state index contributed by atoms with van der Waals surface area (Å²) in [6.45, 7) is 10.2. The Hall–Kier alpha value is -1.23. The maximum atomic E-state index is 12.0. The minimum Gasteiger partial charge on any atom is -0.406 e.